The topological polar surface area (TPSA) is 37.3 Å². The molecule has 0 bridgehead atoms. The Morgan fingerprint density at radius 3 is 1.67 bits per heavy atom. The molecule has 0 spiro atoms. The molecule has 0 fully saturated rings. The van der Waals surface area contributed by atoms with E-state index in [-0.39, 0.29) is 68.5 Å². The first-order valence-electron chi connectivity index (χ1n) is 0.928. The van der Waals surface area contributed by atoms with E-state index in [1.807, 2.05) is 0 Å². The van der Waals surface area contributed by atoms with E-state index in [0.717, 1.165) is 6.92 Å². The van der Waals surface area contributed by atoms with Crippen LogP contribution in [-0.4, -0.2) is 62.5 Å². The summed E-state index contributed by atoms with van der Waals surface area (Å²) in [5.41, 5.74) is 0. The monoisotopic (exact) mass is 155 g/mol. The molecule has 0 aliphatic carbocycles. The van der Waals surface area contributed by atoms with Gasteiger partial charge < -0.3 is 5.11 Å². The van der Waals surface area contributed by atoms with E-state index in [1.54, 1.807) is 0 Å². The molecule has 1 N–H and O–H groups in total. The molecular weight excluding hydrogens is 150 g/mol. The Morgan fingerprint density at radius 1 is 1.67 bits per heavy atom. The minimum Gasteiger partial charge on any atom is 0 e. The van der Waals surface area contributed by atoms with Crippen molar-refractivity contribution in [3.63, 3.8) is 0 Å². The molecule has 0 aliphatic rings. The molecule has 0 amide bonds. The van der Waals surface area contributed by atoms with Gasteiger partial charge in [0.15, 0.2) is 0 Å². The largest absolute Gasteiger partial charge is 0 e. The molecule has 0 rings (SSSR count). The first-order chi connectivity index (χ1) is 1.73. The zero-order valence-corrected chi connectivity index (χ0v) is 3.91. The van der Waals surface area contributed by atoms with E-state index in [2.05, 4.69) is 0 Å². The molecule has 0 aromatic carbocycles. The Kier molecular flexibility index (Phi) is 25.6. The standard InChI is InChI=1S/C2H4O2.K.Mn.H/c1-2(3)4;;;/h1H3,(H,3,4);;;. The zero-order chi connectivity index (χ0) is 3.58. The molecule has 0 saturated carbocycles. The van der Waals surface area contributed by atoms with E-state index in [9.17, 15) is 0 Å². The second-order valence-corrected chi connectivity index (χ2v) is 0.519. The minimum absolute atomic E-state index is 0. The molecule has 0 aliphatic heterocycles. The van der Waals surface area contributed by atoms with Crippen LogP contribution in [-0.2, 0) is 21.9 Å². The Bertz CT molecular complexity index is 34.5. The second-order valence-electron chi connectivity index (χ2n) is 0.519. The summed E-state index contributed by atoms with van der Waals surface area (Å²) in [6.07, 6.45) is 0. The van der Waals surface area contributed by atoms with Gasteiger partial charge >= 0.3 is 51.4 Å². The van der Waals surface area contributed by atoms with Gasteiger partial charge in [-0.1, -0.05) is 0 Å². The van der Waals surface area contributed by atoms with Gasteiger partial charge in [-0.25, -0.2) is 0 Å². The molecule has 0 atom stereocenters. The summed E-state index contributed by atoms with van der Waals surface area (Å²) in [5, 5.41) is 7.42. The summed E-state index contributed by atoms with van der Waals surface area (Å²) >= 11 is 0. The third-order valence-corrected chi connectivity index (χ3v) is 0. The van der Waals surface area contributed by atoms with Gasteiger partial charge in [0.1, 0.15) is 0 Å². The number of hydrogen-bond donors (Lipinski definition) is 1. The quantitative estimate of drug-likeness (QED) is 0.476. The predicted molar refractivity (Wildman–Crippen MR) is 20.5 cm³/mol. The van der Waals surface area contributed by atoms with E-state index >= 15 is 0 Å². The number of rotatable bonds is 0. The maximum atomic E-state index is 9.00. The zero-order valence-electron chi connectivity index (χ0n) is 2.73. The van der Waals surface area contributed by atoms with Gasteiger partial charge in [-0.15, -0.1) is 0 Å². The van der Waals surface area contributed by atoms with Gasteiger partial charge in [0.05, 0.1) is 0 Å². The van der Waals surface area contributed by atoms with Crippen molar-refractivity contribution in [2.45, 2.75) is 6.92 Å². The van der Waals surface area contributed by atoms with E-state index < -0.39 is 5.97 Å². The summed E-state index contributed by atoms with van der Waals surface area (Å²) in [4.78, 5) is 9.00. The van der Waals surface area contributed by atoms with Crippen molar-refractivity contribution in [2.75, 3.05) is 0 Å². The minimum atomic E-state index is -0.833. The van der Waals surface area contributed by atoms with Crippen molar-refractivity contribution in [3.8, 4) is 0 Å². The fourth-order valence-corrected chi connectivity index (χ4v) is 0. The van der Waals surface area contributed by atoms with Gasteiger partial charge in [-0.05, 0) is 0 Å². The fourth-order valence-electron chi connectivity index (χ4n) is 0. The van der Waals surface area contributed by atoms with Crippen LogP contribution in [0.3, 0.4) is 0 Å². The predicted octanol–water partition coefficient (Wildman–Crippen LogP) is -0.560. The average Bonchev–Trinajstić information content (AvgIpc) is 0.811. The van der Waals surface area contributed by atoms with Crippen LogP contribution in [0.15, 0.2) is 0 Å². The fraction of sp³-hybridized carbons (Fsp3) is 0.500. The van der Waals surface area contributed by atoms with Crippen LogP contribution in [0.4, 0.5) is 0 Å². The van der Waals surface area contributed by atoms with Gasteiger partial charge in [0, 0.05) is 24.0 Å². The maximum Gasteiger partial charge on any atom is 0 e. The van der Waals surface area contributed by atoms with Crippen molar-refractivity contribution in [3.05, 3.63) is 0 Å². The summed E-state index contributed by atoms with van der Waals surface area (Å²) in [7, 11) is 0. The van der Waals surface area contributed by atoms with Crippen molar-refractivity contribution in [1.29, 1.82) is 0 Å². The first kappa shape index (κ1) is 15.6. The maximum absolute atomic E-state index is 9.00. The van der Waals surface area contributed by atoms with Crippen LogP contribution in [0.1, 0.15) is 6.92 Å². The second kappa shape index (κ2) is 9.80. The molecule has 0 aromatic rings. The normalized spacial score (nSPS) is 4.17. The van der Waals surface area contributed by atoms with Crippen molar-refractivity contribution >= 4 is 57.4 Å². The molecule has 4 heteroatoms. The Morgan fingerprint density at radius 2 is 1.67 bits per heavy atom. The van der Waals surface area contributed by atoms with Crippen LogP contribution >= 0.6 is 0 Å². The number of hydrogen-bond acceptors (Lipinski definition) is 1. The van der Waals surface area contributed by atoms with E-state index in [4.69, 9.17) is 9.90 Å². The molecule has 0 unspecified atom stereocenters. The van der Waals surface area contributed by atoms with Crippen molar-refractivity contribution in [1.82, 2.24) is 0 Å². The SMILES string of the molecule is CC(=O)O.[KH].[Mn]. The molecule has 0 saturated heterocycles. The third kappa shape index (κ3) is 45.5. The molecular formula is C2H5KMnO2. The van der Waals surface area contributed by atoms with Crippen LogP contribution in [0.5, 0.6) is 0 Å². The Hall–Kier alpha value is 1.63. The van der Waals surface area contributed by atoms with Gasteiger partial charge in [0.2, 0.25) is 0 Å². The molecule has 33 valence electrons. The summed E-state index contributed by atoms with van der Waals surface area (Å²) < 4.78 is 0. The molecule has 0 heterocycles. The summed E-state index contributed by atoms with van der Waals surface area (Å²) in [6.45, 7) is 1.08. The Balaban J connectivity index is -0.0000000450. The van der Waals surface area contributed by atoms with Crippen LogP contribution in [0, 0.1) is 0 Å². The molecule has 2 nitrogen and oxygen atoms in total. The third-order valence-electron chi connectivity index (χ3n) is 0. The van der Waals surface area contributed by atoms with Crippen LogP contribution in [0.2, 0.25) is 0 Å². The molecule has 6 heavy (non-hydrogen) atoms. The van der Waals surface area contributed by atoms with Gasteiger partial charge in [0.25, 0.3) is 5.97 Å². The van der Waals surface area contributed by atoms with Crippen LogP contribution in [0.25, 0.3) is 0 Å². The Labute approximate surface area is 89.6 Å². The van der Waals surface area contributed by atoms with E-state index in [0.29, 0.717) is 0 Å². The first-order valence-corrected chi connectivity index (χ1v) is 0.928. The smallest absolute Gasteiger partial charge is 0 e. The van der Waals surface area contributed by atoms with Gasteiger partial charge in [-0.2, -0.15) is 0 Å². The van der Waals surface area contributed by atoms with Crippen molar-refractivity contribution in [2.24, 2.45) is 0 Å². The van der Waals surface area contributed by atoms with E-state index in [1.165, 1.54) is 0 Å². The van der Waals surface area contributed by atoms with Crippen LogP contribution < -0.4 is 0 Å². The average molecular weight is 155 g/mol. The van der Waals surface area contributed by atoms with Gasteiger partial charge in [-0.3, -0.25) is 4.79 Å². The summed E-state index contributed by atoms with van der Waals surface area (Å²) in [5.74, 6) is -0.833. The molecule has 0 aromatic heterocycles. The number of carbonyl (C=O) groups is 1. The number of carboxylic acid groups (broad SMARTS) is 1. The number of aliphatic carboxylic acids is 1. The number of carboxylic acids is 1. The molecule has 1 radical (unpaired) electrons. The van der Waals surface area contributed by atoms with Crippen molar-refractivity contribution < 1.29 is 27.0 Å². The summed E-state index contributed by atoms with van der Waals surface area (Å²) in [6, 6.07) is 0.